The van der Waals surface area contributed by atoms with Gasteiger partial charge in [-0.2, -0.15) is 26.3 Å². The minimum absolute atomic E-state index is 0.0304. The average Bonchev–Trinajstić information content (AvgIpc) is 2.90. The predicted molar refractivity (Wildman–Crippen MR) is 133 cm³/mol. The number of fused-ring (bicyclic) bond motifs is 1. The third-order valence-electron chi connectivity index (χ3n) is 6.88. The van der Waals surface area contributed by atoms with E-state index in [1.54, 1.807) is 24.5 Å². The van der Waals surface area contributed by atoms with Gasteiger partial charge in [0.1, 0.15) is 11.6 Å². The third kappa shape index (κ3) is 5.94. The molecule has 0 saturated carbocycles. The van der Waals surface area contributed by atoms with Crippen LogP contribution in [0.15, 0.2) is 71.9 Å². The van der Waals surface area contributed by atoms with Crippen LogP contribution >= 0.6 is 0 Å². The van der Waals surface area contributed by atoms with E-state index in [1.807, 2.05) is 0 Å². The van der Waals surface area contributed by atoms with Crippen LogP contribution in [0, 0.1) is 5.82 Å². The van der Waals surface area contributed by atoms with E-state index in [0.717, 1.165) is 40.2 Å². The molecule has 0 unspecified atom stereocenters. The number of aliphatic hydroxyl groups is 1. The van der Waals surface area contributed by atoms with Gasteiger partial charge in [-0.1, -0.05) is 18.2 Å². The zero-order valence-corrected chi connectivity index (χ0v) is 21.9. The summed E-state index contributed by atoms with van der Waals surface area (Å²) in [5.74, 6) is -1.07. The van der Waals surface area contributed by atoms with Gasteiger partial charge < -0.3 is 5.11 Å². The van der Waals surface area contributed by atoms with E-state index in [9.17, 15) is 49.1 Å². The molecule has 0 spiro atoms. The van der Waals surface area contributed by atoms with Gasteiger partial charge in [0.05, 0.1) is 16.6 Å². The first-order valence-corrected chi connectivity index (χ1v) is 13.7. The fourth-order valence-electron chi connectivity index (χ4n) is 4.78. The third-order valence-corrected chi connectivity index (χ3v) is 8.76. The first-order chi connectivity index (χ1) is 19.1. The Balaban J connectivity index is 1.74. The van der Waals surface area contributed by atoms with Crippen molar-refractivity contribution in [2.45, 2.75) is 61.0 Å². The van der Waals surface area contributed by atoms with Gasteiger partial charge in [0.2, 0.25) is 0 Å². The monoisotopic (exact) mass is 604 g/mol. The number of halogens is 7. The largest absolute Gasteiger partial charge is 0.430 e. The molecular formula is C27H23F7N2O4S. The van der Waals surface area contributed by atoms with Gasteiger partial charge in [0.15, 0.2) is 0 Å². The number of alkyl halides is 6. The molecule has 1 atom stereocenters. The Hall–Kier alpha value is -3.52. The minimum atomic E-state index is -6.13. The highest BCUT2D eigenvalue weighted by Crippen LogP contribution is 2.51. The van der Waals surface area contributed by atoms with Crippen molar-refractivity contribution < 1.29 is 49.1 Å². The number of Topliss-reactive ketones (excluding diaryl/α,β-unsaturated/α-hetero) is 1. The van der Waals surface area contributed by atoms with Gasteiger partial charge in [-0.05, 0) is 66.8 Å². The van der Waals surface area contributed by atoms with Crippen molar-refractivity contribution in [2.24, 2.45) is 0 Å². The molecule has 0 fully saturated rings. The van der Waals surface area contributed by atoms with Crippen LogP contribution in [-0.2, 0) is 33.3 Å². The molecule has 2 heterocycles. The second kappa shape index (κ2) is 11.0. The van der Waals surface area contributed by atoms with Crippen molar-refractivity contribution >= 4 is 21.5 Å². The van der Waals surface area contributed by atoms with E-state index in [-0.39, 0.29) is 42.7 Å². The number of benzene rings is 2. The van der Waals surface area contributed by atoms with Crippen LogP contribution in [0.2, 0.25) is 0 Å². The lowest BCUT2D eigenvalue weighted by atomic mass is 9.87. The quantitative estimate of drug-likeness (QED) is 0.337. The molecule has 0 saturated heterocycles. The first-order valence-electron chi connectivity index (χ1n) is 12.3. The lowest BCUT2D eigenvalue weighted by Gasteiger charge is -2.39. The van der Waals surface area contributed by atoms with Gasteiger partial charge >= 0.3 is 12.4 Å². The van der Waals surface area contributed by atoms with E-state index in [4.69, 9.17) is 0 Å². The Morgan fingerprint density at radius 3 is 2.24 bits per heavy atom. The van der Waals surface area contributed by atoms with E-state index in [2.05, 4.69) is 4.98 Å². The number of carbonyl (C=O) groups excluding carboxylic acids is 1. The molecule has 14 heteroatoms. The maximum Gasteiger partial charge on any atom is 0.430 e. The number of carbonyl (C=O) groups is 1. The average molecular weight is 605 g/mol. The van der Waals surface area contributed by atoms with E-state index in [1.165, 1.54) is 0 Å². The zero-order valence-electron chi connectivity index (χ0n) is 21.1. The van der Waals surface area contributed by atoms with Gasteiger partial charge in [-0.3, -0.25) is 14.1 Å². The van der Waals surface area contributed by atoms with Crippen LogP contribution in [0.4, 0.5) is 36.4 Å². The van der Waals surface area contributed by atoms with Gasteiger partial charge in [0.25, 0.3) is 15.6 Å². The summed E-state index contributed by atoms with van der Waals surface area (Å²) in [6.45, 7) is 0. The number of hydrogen-bond acceptors (Lipinski definition) is 5. The SMILES string of the molecule is O=C(CCc1cccnc1)C[C@@H]1CCc2cc(C(O)(C(F)(F)F)C(F)(F)F)ccc2N1S(=O)(=O)c1ccc(F)cc1. The highest BCUT2D eigenvalue weighted by Gasteiger charge is 2.71. The Bertz CT molecular complexity index is 1500. The van der Waals surface area contributed by atoms with Gasteiger partial charge in [-0.25, -0.2) is 12.8 Å². The van der Waals surface area contributed by atoms with E-state index >= 15 is 0 Å². The molecule has 3 aromatic rings. The van der Waals surface area contributed by atoms with Crippen molar-refractivity contribution in [3.8, 4) is 0 Å². The molecule has 1 aliphatic heterocycles. The standard InChI is InChI=1S/C27H23F7N2O4S/c28-20-6-10-23(11-7-20)41(39,40)36-21(15-22(37)9-3-17-2-1-13-35-16-17)8-4-18-14-19(5-12-24(18)36)25(38,26(29,30)31)27(32,33)34/h1-2,5-7,10-14,16,21,38H,3-4,8-9,15H2/t21-/m0/s1. The minimum Gasteiger partial charge on any atom is -0.369 e. The Labute approximate surface area is 230 Å². The molecule has 0 amide bonds. The number of anilines is 1. The molecule has 0 aliphatic carbocycles. The number of rotatable bonds is 8. The molecule has 6 nitrogen and oxygen atoms in total. The van der Waals surface area contributed by atoms with Crippen LogP contribution in [-0.4, -0.2) is 42.7 Å². The number of aromatic nitrogens is 1. The highest BCUT2D eigenvalue weighted by molar-refractivity contribution is 7.92. The maximum absolute atomic E-state index is 13.7. The molecule has 0 bridgehead atoms. The van der Waals surface area contributed by atoms with Crippen molar-refractivity contribution in [1.82, 2.24) is 4.98 Å². The fourth-order valence-corrected chi connectivity index (χ4v) is 6.49. The summed E-state index contributed by atoms with van der Waals surface area (Å²) in [5.41, 5.74) is -6.42. The topological polar surface area (TPSA) is 87.6 Å². The molecule has 2 aromatic carbocycles. The Kier molecular flexibility index (Phi) is 8.20. The number of ketones is 1. The van der Waals surface area contributed by atoms with Crippen molar-refractivity contribution in [2.75, 3.05) is 4.31 Å². The summed E-state index contributed by atoms with van der Waals surface area (Å²) in [6.07, 6.45) is -9.38. The van der Waals surface area contributed by atoms with Crippen LogP contribution < -0.4 is 4.31 Å². The molecule has 0 radical (unpaired) electrons. The Morgan fingerprint density at radius 2 is 1.66 bits per heavy atom. The fraction of sp³-hybridized carbons (Fsp3) is 0.333. The summed E-state index contributed by atoms with van der Waals surface area (Å²) in [5, 5.41) is 9.84. The molecular weight excluding hydrogens is 581 g/mol. The normalized spacial score (nSPS) is 16.4. The van der Waals surface area contributed by atoms with Gasteiger partial charge in [-0.15, -0.1) is 0 Å². The van der Waals surface area contributed by atoms with Gasteiger partial charge in [0, 0.05) is 30.8 Å². The van der Waals surface area contributed by atoms with Crippen LogP contribution in [0.25, 0.3) is 0 Å². The van der Waals surface area contributed by atoms with Crippen LogP contribution in [0.5, 0.6) is 0 Å². The molecule has 4 rings (SSSR count). The van der Waals surface area contributed by atoms with Crippen molar-refractivity contribution in [1.29, 1.82) is 0 Å². The number of sulfonamides is 1. The lowest BCUT2D eigenvalue weighted by molar-refractivity contribution is -0.376. The molecule has 1 aliphatic rings. The second-order valence-electron chi connectivity index (χ2n) is 9.60. The van der Waals surface area contributed by atoms with Crippen LogP contribution in [0.3, 0.4) is 0 Å². The summed E-state index contributed by atoms with van der Waals surface area (Å²) in [6, 6.07) is 7.66. The molecule has 220 valence electrons. The molecule has 1 N–H and O–H groups in total. The second-order valence-corrected chi connectivity index (χ2v) is 11.4. The highest BCUT2D eigenvalue weighted by atomic mass is 32.2. The van der Waals surface area contributed by atoms with E-state index in [0.29, 0.717) is 18.6 Å². The zero-order chi connectivity index (χ0) is 30.2. The molecule has 1 aromatic heterocycles. The smallest absolute Gasteiger partial charge is 0.369 e. The lowest BCUT2D eigenvalue weighted by Crippen LogP contribution is -2.54. The number of pyridine rings is 1. The summed E-state index contributed by atoms with van der Waals surface area (Å²) in [7, 11) is -4.56. The molecule has 41 heavy (non-hydrogen) atoms. The number of hydrogen-bond donors (Lipinski definition) is 1. The Morgan fingerprint density at radius 1 is 1.00 bits per heavy atom. The maximum atomic E-state index is 13.7. The van der Waals surface area contributed by atoms with E-state index < -0.39 is 50.3 Å². The summed E-state index contributed by atoms with van der Waals surface area (Å²) < 4.78 is 123. The number of nitrogens with zero attached hydrogens (tertiary/aromatic N) is 2. The summed E-state index contributed by atoms with van der Waals surface area (Å²) >= 11 is 0. The van der Waals surface area contributed by atoms with Crippen molar-refractivity contribution in [3.63, 3.8) is 0 Å². The first kappa shape index (κ1) is 30.4. The van der Waals surface area contributed by atoms with Crippen molar-refractivity contribution in [3.05, 3.63) is 89.5 Å². The number of aryl methyl sites for hydroxylation is 2. The van der Waals surface area contributed by atoms with Crippen LogP contribution in [0.1, 0.15) is 36.0 Å². The predicted octanol–water partition coefficient (Wildman–Crippen LogP) is 5.64. The summed E-state index contributed by atoms with van der Waals surface area (Å²) in [4.78, 5) is 16.4.